The quantitative estimate of drug-likeness (QED) is 0.741. The van der Waals surface area contributed by atoms with Crippen molar-refractivity contribution in [2.75, 3.05) is 7.11 Å². The van der Waals surface area contributed by atoms with Crippen LogP contribution in [0.15, 0.2) is 28.8 Å². The number of benzene rings is 1. The molecule has 1 aliphatic carbocycles. The third kappa shape index (κ3) is 2.43. The van der Waals surface area contributed by atoms with Gasteiger partial charge >= 0.3 is 0 Å². The molecule has 0 atom stereocenters. The van der Waals surface area contributed by atoms with E-state index in [0.717, 1.165) is 30.5 Å². The molecule has 2 aromatic heterocycles. The largest absolute Gasteiger partial charge is 0.377 e. The van der Waals surface area contributed by atoms with Gasteiger partial charge in [-0.1, -0.05) is 11.2 Å². The third-order valence-corrected chi connectivity index (χ3v) is 3.93. The summed E-state index contributed by atoms with van der Waals surface area (Å²) in [7, 11) is 1.58. The second-order valence-electron chi connectivity index (χ2n) is 5.47. The van der Waals surface area contributed by atoms with E-state index in [1.165, 1.54) is 12.1 Å². The molecule has 1 aromatic carbocycles. The van der Waals surface area contributed by atoms with Crippen LogP contribution in [0.5, 0.6) is 0 Å². The normalized spacial score (nSPS) is 13.5. The summed E-state index contributed by atoms with van der Waals surface area (Å²) in [5.74, 6) is 0.575. The summed E-state index contributed by atoms with van der Waals surface area (Å²) >= 11 is 0. The van der Waals surface area contributed by atoms with Crippen LogP contribution in [-0.4, -0.2) is 27.0 Å². The van der Waals surface area contributed by atoms with Gasteiger partial charge in [-0.3, -0.25) is 0 Å². The summed E-state index contributed by atoms with van der Waals surface area (Å²) in [6.07, 6.45) is 2.84. The van der Waals surface area contributed by atoms with Crippen LogP contribution in [-0.2, 0) is 24.2 Å². The van der Waals surface area contributed by atoms with Gasteiger partial charge in [0, 0.05) is 18.4 Å². The van der Waals surface area contributed by atoms with Crippen LogP contribution >= 0.6 is 0 Å². The number of nitrogens with zero attached hydrogens (tertiary/aromatic N) is 4. The second-order valence-corrected chi connectivity index (χ2v) is 5.47. The Hall–Kier alpha value is -2.54. The van der Waals surface area contributed by atoms with Gasteiger partial charge in [-0.15, -0.1) is 0 Å². The van der Waals surface area contributed by atoms with Gasteiger partial charge < -0.3 is 9.26 Å². The number of hydrogen-bond acceptors (Lipinski definition) is 5. The molecule has 23 heavy (non-hydrogen) atoms. The predicted octanol–water partition coefficient (Wildman–Crippen LogP) is 2.70. The minimum Gasteiger partial charge on any atom is -0.377 e. The summed E-state index contributed by atoms with van der Waals surface area (Å²) in [6, 6.07) is 6.40. The number of methoxy groups -OCH3 is 1. The lowest BCUT2D eigenvalue weighted by atomic mass is 10.2. The lowest BCUT2D eigenvalue weighted by Crippen LogP contribution is -2.01. The molecule has 0 bridgehead atoms. The van der Waals surface area contributed by atoms with Gasteiger partial charge in [0.25, 0.3) is 5.89 Å². The molecule has 0 fully saturated rings. The van der Waals surface area contributed by atoms with Gasteiger partial charge in [-0.2, -0.15) is 10.1 Å². The number of hydrogen-bond donors (Lipinski definition) is 0. The van der Waals surface area contributed by atoms with Crippen LogP contribution in [0.4, 0.5) is 4.39 Å². The molecular formula is C16H15FN4O2. The van der Waals surface area contributed by atoms with E-state index in [1.54, 1.807) is 17.9 Å². The fraction of sp³-hybridized carbons (Fsp3) is 0.312. The first kappa shape index (κ1) is 14.1. The Bertz CT molecular complexity index is 856. The van der Waals surface area contributed by atoms with E-state index >= 15 is 0 Å². The van der Waals surface area contributed by atoms with E-state index < -0.39 is 0 Å². The van der Waals surface area contributed by atoms with E-state index in [-0.39, 0.29) is 12.4 Å². The summed E-state index contributed by atoms with van der Waals surface area (Å²) in [6.45, 7) is 0.288. The molecule has 0 amide bonds. The summed E-state index contributed by atoms with van der Waals surface area (Å²) in [4.78, 5) is 4.32. The van der Waals surface area contributed by atoms with Crippen LogP contribution in [0.25, 0.3) is 17.3 Å². The molecule has 0 radical (unpaired) electrons. The minimum absolute atomic E-state index is 0.286. The van der Waals surface area contributed by atoms with Crippen molar-refractivity contribution in [3.8, 4) is 17.3 Å². The molecule has 0 saturated carbocycles. The zero-order chi connectivity index (χ0) is 15.8. The van der Waals surface area contributed by atoms with Crippen molar-refractivity contribution in [1.82, 2.24) is 19.9 Å². The first-order valence-electron chi connectivity index (χ1n) is 7.45. The maximum atomic E-state index is 13.5. The van der Waals surface area contributed by atoms with Gasteiger partial charge in [-0.25, -0.2) is 9.07 Å². The van der Waals surface area contributed by atoms with Gasteiger partial charge in [0.1, 0.15) is 12.4 Å². The standard InChI is InChI=1S/C16H15FN4O2/c1-22-9-14-18-16(23-20-14)15-12-6-3-7-13(12)21(19-15)11-5-2-4-10(17)8-11/h2,4-5,8H,3,6-7,9H2,1H3. The molecule has 4 rings (SSSR count). The van der Waals surface area contributed by atoms with Gasteiger partial charge in [0.2, 0.25) is 0 Å². The van der Waals surface area contributed by atoms with Crippen molar-refractivity contribution in [1.29, 1.82) is 0 Å². The van der Waals surface area contributed by atoms with Crippen molar-refractivity contribution in [3.05, 3.63) is 47.2 Å². The topological polar surface area (TPSA) is 66.0 Å². The predicted molar refractivity (Wildman–Crippen MR) is 79.6 cm³/mol. The zero-order valence-electron chi connectivity index (χ0n) is 12.6. The molecule has 1 aliphatic rings. The zero-order valence-corrected chi connectivity index (χ0v) is 12.6. The average Bonchev–Trinajstić information content (AvgIpc) is 3.23. The lowest BCUT2D eigenvalue weighted by Gasteiger charge is -2.05. The molecule has 0 N–H and O–H groups in total. The molecule has 6 nitrogen and oxygen atoms in total. The Morgan fingerprint density at radius 2 is 2.26 bits per heavy atom. The van der Waals surface area contributed by atoms with E-state index in [0.29, 0.717) is 23.1 Å². The van der Waals surface area contributed by atoms with Crippen LogP contribution in [0, 0.1) is 5.82 Å². The fourth-order valence-corrected chi connectivity index (χ4v) is 2.97. The number of ether oxygens (including phenoxy) is 1. The smallest absolute Gasteiger partial charge is 0.278 e. The monoisotopic (exact) mass is 314 g/mol. The van der Waals surface area contributed by atoms with Crippen LogP contribution in [0.2, 0.25) is 0 Å². The van der Waals surface area contributed by atoms with E-state index in [4.69, 9.17) is 9.26 Å². The Labute approximate surface area is 131 Å². The highest BCUT2D eigenvalue weighted by molar-refractivity contribution is 5.58. The van der Waals surface area contributed by atoms with Crippen LogP contribution in [0.3, 0.4) is 0 Å². The highest BCUT2D eigenvalue weighted by Crippen LogP contribution is 2.33. The maximum Gasteiger partial charge on any atom is 0.278 e. The molecule has 2 heterocycles. The number of fused-ring (bicyclic) bond motifs is 1. The molecule has 118 valence electrons. The van der Waals surface area contributed by atoms with Gasteiger partial charge in [-0.05, 0) is 37.5 Å². The maximum absolute atomic E-state index is 13.5. The van der Waals surface area contributed by atoms with Crippen molar-refractivity contribution in [2.24, 2.45) is 0 Å². The molecule has 0 spiro atoms. The number of halogens is 1. The summed E-state index contributed by atoms with van der Waals surface area (Å²) in [5.41, 5.74) is 3.56. The van der Waals surface area contributed by atoms with E-state index in [1.807, 2.05) is 6.07 Å². The van der Waals surface area contributed by atoms with Crippen molar-refractivity contribution in [2.45, 2.75) is 25.9 Å². The Morgan fingerprint density at radius 1 is 1.35 bits per heavy atom. The Kier molecular flexibility index (Phi) is 3.42. The number of aromatic nitrogens is 4. The fourth-order valence-electron chi connectivity index (χ4n) is 2.97. The molecule has 0 aliphatic heterocycles. The Balaban J connectivity index is 1.81. The highest BCUT2D eigenvalue weighted by Gasteiger charge is 2.27. The molecule has 0 unspecified atom stereocenters. The van der Waals surface area contributed by atoms with E-state index in [9.17, 15) is 4.39 Å². The van der Waals surface area contributed by atoms with Crippen molar-refractivity contribution < 1.29 is 13.7 Å². The van der Waals surface area contributed by atoms with Crippen LogP contribution < -0.4 is 0 Å². The molecule has 3 aromatic rings. The number of rotatable bonds is 4. The SMILES string of the molecule is COCc1noc(-c2nn(-c3cccc(F)c3)c3c2CCC3)n1. The van der Waals surface area contributed by atoms with Gasteiger partial charge in [0.15, 0.2) is 11.5 Å². The first-order valence-corrected chi connectivity index (χ1v) is 7.45. The van der Waals surface area contributed by atoms with Crippen LogP contribution in [0.1, 0.15) is 23.5 Å². The van der Waals surface area contributed by atoms with E-state index in [2.05, 4.69) is 15.2 Å². The molecule has 0 saturated heterocycles. The molecular weight excluding hydrogens is 299 g/mol. The summed E-state index contributed by atoms with van der Waals surface area (Å²) in [5, 5.41) is 8.48. The van der Waals surface area contributed by atoms with Crippen molar-refractivity contribution >= 4 is 0 Å². The lowest BCUT2D eigenvalue weighted by molar-refractivity contribution is 0.174. The second kappa shape index (κ2) is 5.58. The minimum atomic E-state index is -0.286. The van der Waals surface area contributed by atoms with Gasteiger partial charge in [0.05, 0.1) is 5.69 Å². The Morgan fingerprint density at radius 3 is 3.09 bits per heavy atom. The first-order chi connectivity index (χ1) is 11.3. The highest BCUT2D eigenvalue weighted by atomic mass is 19.1. The third-order valence-electron chi connectivity index (χ3n) is 3.93. The summed E-state index contributed by atoms with van der Waals surface area (Å²) < 4.78 is 25.6. The molecule has 7 heteroatoms. The van der Waals surface area contributed by atoms with Crippen molar-refractivity contribution in [3.63, 3.8) is 0 Å². The average molecular weight is 314 g/mol.